The molecule has 5 nitrogen and oxygen atoms in total. The molecule has 0 radical (unpaired) electrons. The fourth-order valence-electron chi connectivity index (χ4n) is 2.44. The molecule has 0 aliphatic rings. The molecule has 272 valence electrons. The molecule has 0 unspecified atom stereocenters. The Balaban J connectivity index is -0.000000153. The molecule has 0 spiro atoms. The molecule has 0 bridgehead atoms. The van der Waals surface area contributed by atoms with E-state index in [1.807, 2.05) is 83.1 Å². The van der Waals surface area contributed by atoms with Gasteiger partial charge in [0.05, 0.1) is 41.2 Å². The van der Waals surface area contributed by atoms with Gasteiger partial charge in [-0.3, -0.25) is 0 Å². The summed E-state index contributed by atoms with van der Waals surface area (Å²) in [4.78, 5) is 0. The predicted molar refractivity (Wildman–Crippen MR) is 203 cm³/mol. The van der Waals surface area contributed by atoms with Crippen molar-refractivity contribution < 1.29 is 23.7 Å². The van der Waals surface area contributed by atoms with E-state index in [4.69, 9.17) is 43.0 Å². The molecule has 0 rings (SSSR count). The fraction of sp³-hybridized carbons (Fsp3) is 0.805. The molecular formula is C41H78O5. The van der Waals surface area contributed by atoms with Crippen molar-refractivity contribution in [3.63, 3.8) is 0 Å². The zero-order valence-corrected chi connectivity index (χ0v) is 33.5. The van der Waals surface area contributed by atoms with Crippen LogP contribution < -0.4 is 0 Å². The second kappa shape index (κ2) is 31.8. The van der Waals surface area contributed by atoms with E-state index in [1.54, 1.807) is 6.08 Å². The van der Waals surface area contributed by atoms with Crippen LogP contribution >= 0.6 is 0 Å². The maximum absolute atomic E-state index is 5.58. The summed E-state index contributed by atoms with van der Waals surface area (Å²) in [5.74, 6) is 7.49. The summed E-state index contributed by atoms with van der Waals surface area (Å²) in [6, 6.07) is 0. The van der Waals surface area contributed by atoms with Crippen LogP contribution in [0.25, 0.3) is 0 Å². The van der Waals surface area contributed by atoms with E-state index in [1.165, 1.54) is 25.7 Å². The van der Waals surface area contributed by atoms with Crippen LogP contribution in [0.4, 0.5) is 0 Å². The van der Waals surface area contributed by atoms with Crippen LogP contribution in [0.5, 0.6) is 0 Å². The molecule has 5 heteroatoms. The minimum Gasteiger partial charge on any atom is -0.376 e. The lowest BCUT2D eigenvalue weighted by Gasteiger charge is -2.19. The van der Waals surface area contributed by atoms with Crippen LogP contribution in [-0.2, 0) is 23.7 Å². The quantitative estimate of drug-likeness (QED) is 0.113. The van der Waals surface area contributed by atoms with Crippen LogP contribution in [-0.4, -0.2) is 61.0 Å². The van der Waals surface area contributed by atoms with Gasteiger partial charge in [-0.25, -0.2) is 0 Å². The number of rotatable bonds is 13. The van der Waals surface area contributed by atoms with E-state index in [9.17, 15) is 0 Å². The summed E-state index contributed by atoms with van der Waals surface area (Å²) in [7, 11) is 0. The second-order valence-electron chi connectivity index (χ2n) is 15.5. The topological polar surface area (TPSA) is 46.2 Å². The van der Waals surface area contributed by atoms with Crippen LogP contribution in [0.2, 0.25) is 0 Å². The Morgan fingerprint density at radius 1 is 0.478 bits per heavy atom. The summed E-state index contributed by atoms with van der Waals surface area (Å²) in [6.45, 7) is 39.7. The first kappa shape index (κ1) is 53.7. The first-order chi connectivity index (χ1) is 20.8. The van der Waals surface area contributed by atoms with E-state index in [2.05, 4.69) is 52.0 Å². The molecule has 0 heterocycles. The Hall–Kier alpha value is -1.78. The van der Waals surface area contributed by atoms with Crippen molar-refractivity contribution in [1.82, 2.24) is 0 Å². The molecular weight excluding hydrogens is 572 g/mol. The molecule has 0 saturated heterocycles. The van der Waals surface area contributed by atoms with Gasteiger partial charge in [-0.15, -0.1) is 37.7 Å². The third-order valence-electron chi connectivity index (χ3n) is 4.54. The monoisotopic (exact) mass is 651 g/mol. The van der Waals surface area contributed by atoms with E-state index in [0.29, 0.717) is 26.2 Å². The highest BCUT2D eigenvalue weighted by Gasteiger charge is 2.10. The lowest BCUT2D eigenvalue weighted by Crippen LogP contribution is -2.19. The normalized spacial score (nSPS) is 11.2. The maximum atomic E-state index is 5.58. The Kier molecular flexibility index (Phi) is 37.1. The van der Waals surface area contributed by atoms with Crippen molar-refractivity contribution in [3.8, 4) is 37.0 Å². The minimum absolute atomic E-state index is 0.0192. The van der Waals surface area contributed by atoms with Crippen LogP contribution in [0.15, 0.2) is 12.7 Å². The van der Waals surface area contributed by atoms with Gasteiger partial charge in [0.15, 0.2) is 0 Å². The van der Waals surface area contributed by atoms with Gasteiger partial charge in [-0.2, -0.15) is 0 Å². The second-order valence-corrected chi connectivity index (χ2v) is 15.5. The summed E-state index contributed by atoms with van der Waals surface area (Å²) in [6.07, 6.45) is 24.5. The third kappa shape index (κ3) is 84.0. The van der Waals surface area contributed by atoms with E-state index in [-0.39, 0.29) is 28.0 Å². The van der Waals surface area contributed by atoms with Gasteiger partial charge >= 0.3 is 0 Å². The minimum atomic E-state index is -0.0909. The molecule has 0 saturated carbocycles. The maximum Gasteiger partial charge on any atom is 0.108 e. The zero-order valence-electron chi connectivity index (χ0n) is 33.5. The number of hydrogen-bond donors (Lipinski definition) is 0. The summed E-state index contributed by atoms with van der Waals surface area (Å²) < 4.78 is 26.7. The summed E-state index contributed by atoms with van der Waals surface area (Å²) in [5, 5.41) is 0. The largest absolute Gasteiger partial charge is 0.376 e. The van der Waals surface area contributed by atoms with E-state index in [0.717, 1.165) is 26.1 Å². The average molecular weight is 651 g/mol. The highest BCUT2D eigenvalue weighted by atomic mass is 16.5. The number of hydrogen-bond acceptors (Lipinski definition) is 5. The van der Waals surface area contributed by atoms with Gasteiger partial charge in [0.1, 0.15) is 6.61 Å². The molecule has 0 fully saturated rings. The molecule has 46 heavy (non-hydrogen) atoms. The molecule has 0 aromatic carbocycles. The molecule has 0 N–H and O–H groups in total. The first-order valence-corrected chi connectivity index (χ1v) is 16.9. The summed E-state index contributed by atoms with van der Waals surface area (Å²) in [5.41, 5.74) is -0.127. The van der Waals surface area contributed by atoms with Gasteiger partial charge < -0.3 is 23.7 Å². The van der Waals surface area contributed by atoms with Crippen LogP contribution in [0.3, 0.4) is 0 Å². The Labute approximate surface area is 289 Å². The third-order valence-corrected chi connectivity index (χ3v) is 4.54. The molecule has 0 aromatic heterocycles. The van der Waals surface area contributed by atoms with Crippen molar-refractivity contribution in [1.29, 1.82) is 0 Å². The van der Waals surface area contributed by atoms with E-state index < -0.39 is 0 Å². The van der Waals surface area contributed by atoms with Crippen molar-refractivity contribution in [2.24, 2.45) is 0 Å². The number of unbranched alkanes of at least 4 members (excludes halogenated alkanes) is 4. The SMILES string of the molecule is C#CCCCOC(C)(C)C.C#CCCOC(C)(C)C.C#CCOC(C)(C)C.C=CCOC(C)(C)C.CCCCCCOC(C)(C)C. The van der Waals surface area contributed by atoms with Gasteiger partial charge in [0.25, 0.3) is 0 Å². The van der Waals surface area contributed by atoms with E-state index >= 15 is 0 Å². The van der Waals surface area contributed by atoms with Gasteiger partial charge in [0.2, 0.25) is 0 Å². The zero-order chi connectivity index (χ0) is 37.3. The number of terminal acetylenes is 3. The fourth-order valence-corrected chi connectivity index (χ4v) is 2.44. The molecule has 0 amide bonds. The molecule has 0 aliphatic carbocycles. The Morgan fingerprint density at radius 3 is 1.15 bits per heavy atom. The predicted octanol–water partition coefficient (Wildman–Crippen LogP) is 10.8. The van der Waals surface area contributed by atoms with Crippen molar-refractivity contribution >= 4 is 0 Å². The smallest absolute Gasteiger partial charge is 0.108 e. The van der Waals surface area contributed by atoms with Crippen molar-refractivity contribution in [3.05, 3.63) is 12.7 Å². The molecule has 0 atom stereocenters. The Bertz CT molecular complexity index is 773. The van der Waals surface area contributed by atoms with Crippen molar-refractivity contribution in [2.75, 3.05) is 33.0 Å². The number of ether oxygens (including phenoxy) is 5. The molecule has 0 aromatic rings. The molecule has 0 aliphatic heterocycles. The highest BCUT2D eigenvalue weighted by Crippen LogP contribution is 2.09. The van der Waals surface area contributed by atoms with Crippen LogP contribution in [0.1, 0.15) is 156 Å². The van der Waals surface area contributed by atoms with Gasteiger partial charge in [-0.1, -0.05) is 38.2 Å². The lowest BCUT2D eigenvalue weighted by atomic mass is 10.2. The highest BCUT2D eigenvalue weighted by molar-refractivity contribution is 4.84. The average Bonchev–Trinajstić information content (AvgIpc) is 2.88. The van der Waals surface area contributed by atoms with Crippen molar-refractivity contribution in [2.45, 2.75) is 184 Å². The lowest BCUT2D eigenvalue weighted by molar-refractivity contribution is -0.00483. The van der Waals surface area contributed by atoms with Gasteiger partial charge in [0, 0.05) is 26.1 Å². The van der Waals surface area contributed by atoms with Gasteiger partial charge in [-0.05, 0) is 117 Å². The summed E-state index contributed by atoms with van der Waals surface area (Å²) >= 11 is 0. The first-order valence-electron chi connectivity index (χ1n) is 16.9. The Morgan fingerprint density at radius 2 is 0.870 bits per heavy atom. The standard InChI is InChI=1S/C10H22O.C9H16O.C8H14O.C7H14O.C7H12O/c1-5-6-7-8-9-11-10(2,3)4;1-5-6-7-8-10-9(2,3)4;1-5-6-7-9-8(2,3)4;2*1-5-6-8-7(2,3)4/h5-9H2,1-4H3;1H,6-8H2,2-4H3;1H,6-7H2,2-4H3;5H,1,6H2,2-4H3;1H,6H2,2-4H3. The van der Waals surface area contributed by atoms with Crippen LogP contribution in [0, 0.1) is 37.0 Å².